The van der Waals surface area contributed by atoms with E-state index in [0.717, 1.165) is 30.9 Å². The highest BCUT2D eigenvalue weighted by Crippen LogP contribution is 2.26. The molecule has 1 atom stereocenters. The predicted octanol–water partition coefficient (Wildman–Crippen LogP) is 3.27. The number of nitrogens with one attached hydrogen (secondary N) is 1. The van der Waals surface area contributed by atoms with Crippen LogP contribution < -0.4 is 14.8 Å². The highest BCUT2D eigenvalue weighted by molar-refractivity contribution is 5.40. The van der Waals surface area contributed by atoms with Crippen molar-refractivity contribution in [1.82, 2.24) is 5.32 Å². The van der Waals surface area contributed by atoms with Crippen LogP contribution in [-0.2, 0) is 6.42 Å². The van der Waals surface area contributed by atoms with Crippen LogP contribution in [0.3, 0.4) is 0 Å². The van der Waals surface area contributed by atoms with Crippen LogP contribution in [0, 0.1) is 5.92 Å². The van der Waals surface area contributed by atoms with E-state index in [1.165, 1.54) is 5.56 Å². The zero-order valence-corrected chi connectivity index (χ0v) is 12.8. The van der Waals surface area contributed by atoms with Crippen molar-refractivity contribution < 1.29 is 9.47 Å². The number of aryl methyl sites for hydroxylation is 1. The van der Waals surface area contributed by atoms with E-state index in [1.807, 2.05) is 12.1 Å². The second-order valence-corrected chi connectivity index (χ2v) is 5.12. The first-order chi connectivity index (χ1) is 9.12. The fourth-order valence-electron chi connectivity index (χ4n) is 2.32. The van der Waals surface area contributed by atoms with Crippen LogP contribution in [-0.4, -0.2) is 26.8 Å². The molecule has 0 radical (unpaired) electrons. The van der Waals surface area contributed by atoms with Gasteiger partial charge in [-0.25, -0.2) is 0 Å². The lowest BCUT2D eigenvalue weighted by Gasteiger charge is -2.22. The first kappa shape index (κ1) is 15.8. The summed E-state index contributed by atoms with van der Waals surface area (Å²) in [5.41, 5.74) is 1.21. The van der Waals surface area contributed by atoms with Gasteiger partial charge in [-0.3, -0.25) is 0 Å². The van der Waals surface area contributed by atoms with E-state index < -0.39 is 0 Å². The van der Waals surface area contributed by atoms with E-state index >= 15 is 0 Å². The maximum absolute atomic E-state index is 5.42. The summed E-state index contributed by atoms with van der Waals surface area (Å²) in [5, 5.41) is 3.55. The topological polar surface area (TPSA) is 30.5 Å². The van der Waals surface area contributed by atoms with Gasteiger partial charge in [-0.15, -0.1) is 0 Å². The number of hydrogen-bond donors (Lipinski definition) is 1. The van der Waals surface area contributed by atoms with Gasteiger partial charge in [0.2, 0.25) is 0 Å². The van der Waals surface area contributed by atoms with Gasteiger partial charge in [0, 0.05) is 6.04 Å². The quantitative estimate of drug-likeness (QED) is 0.782. The predicted molar refractivity (Wildman–Crippen MR) is 80.2 cm³/mol. The van der Waals surface area contributed by atoms with Crippen molar-refractivity contribution in [3.05, 3.63) is 23.8 Å². The van der Waals surface area contributed by atoms with Gasteiger partial charge in [0.25, 0.3) is 0 Å². The molecule has 1 aromatic carbocycles. The van der Waals surface area contributed by atoms with Crippen LogP contribution in [0.15, 0.2) is 18.2 Å². The average Bonchev–Trinajstić information content (AvgIpc) is 2.42. The molecule has 1 rings (SSSR count). The zero-order chi connectivity index (χ0) is 14.3. The molecule has 0 spiro atoms. The van der Waals surface area contributed by atoms with Crippen molar-refractivity contribution in [3.8, 4) is 11.5 Å². The largest absolute Gasteiger partial charge is 0.497 e. The number of benzene rings is 1. The molecule has 0 aliphatic heterocycles. The van der Waals surface area contributed by atoms with Gasteiger partial charge in [-0.2, -0.15) is 0 Å². The third kappa shape index (κ3) is 4.75. The Bertz CT molecular complexity index is 377. The fraction of sp³-hybridized carbons (Fsp3) is 0.625. The van der Waals surface area contributed by atoms with Crippen molar-refractivity contribution in [2.45, 2.75) is 39.7 Å². The summed E-state index contributed by atoms with van der Waals surface area (Å²) >= 11 is 0. The van der Waals surface area contributed by atoms with Crippen molar-refractivity contribution >= 4 is 0 Å². The molecule has 3 heteroatoms. The van der Waals surface area contributed by atoms with Crippen LogP contribution in [0.5, 0.6) is 11.5 Å². The summed E-state index contributed by atoms with van der Waals surface area (Å²) in [7, 11) is 3.41. The third-order valence-electron chi connectivity index (χ3n) is 3.48. The normalized spacial score (nSPS) is 12.5. The molecule has 3 nitrogen and oxygen atoms in total. The smallest absolute Gasteiger partial charge is 0.122 e. The van der Waals surface area contributed by atoms with Crippen LogP contribution in [0.4, 0.5) is 0 Å². The molecule has 0 aliphatic carbocycles. The maximum atomic E-state index is 5.42. The summed E-state index contributed by atoms with van der Waals surface area (Å²) in [6.45, 7) is 7.69. The monoisotopic (exact) mass is 265 g/mol. The molecule has 0 bridgehead atoms. The number of rotatable bonds is 8. The molecule has 19 heavy (non-hydrogen) atoms. The third-order valence-corrected chi connectivity index (χ3v) is 3.48. The molecule has 0 saturated heterocycles. The molecule has 0 fully saturated rings. The Labute approximate surface area is 117 Å². The van der Waals surface area contributed by atoms with E-state index in [4.69, 9.17) is 9.47 Å². The van der Waals surface area contributed by atoms with Gasteiger partial charge in [-0.05, 0) is 49.1 Å². The molecule has 1 N–H and O–H groups in total. The Kier molecular flexibility index (Phi) is 6.71. The second-order valence-electron chi connectivity index (χ2n) is 5.12. The van der Waals surface area contributed by atoms with E-state index in [9.17, 15) is 0 Å². The first-order valence-corrected chi connectivity index (χ1v) is 7.06. The molecule has 1 aromatic rings. The highest BCUT2D eigenvalue weighted by Gasteiger charge is 2.13. The molecule has 108 valence electrons. The van der Waals surface area contributed by atoms with Gasteiger partial charge >= 0.3 is 0 Å². The SMILES string of the molecule is CCNC(CCc1cc(OC)ccc1OC)C(C)C. The first-order valence-electron chi connectivity index (χ1n) is 7.06. The Balaban J connectivity index is 2.74. The Hall–Kier alpha value is -1.22. The maximum Gasteiger partial charge on any atom is 0.122 e. The lowest BCUT2D eigenvalue weighted by molar-refractivity contribution is 0.375. The molecule has 0 heterocycles. The fourth-order valence-corrected chi connectivity index (χ4v) is 2.32. The minimum absolute atomic E-state index is 0.543. The Morgan fingerprint density at radius 1 is 1.16 bits per heavy atom. The summed E-state index contributed by atoms with van der Waals surface area (Å²) in [5.74, 6) is 2.47. The van der Waals surface area contributed by atoms with Crippen LogP contribution in [0.25, 0.3) is 0 Å². The minimum atomic E-state index is 0.543. The second kappa shape index (κ2) is 8.05. The van der Waals surface area contributed by atoms with Gasteiger partial charge in [0.1, 0.15) is 11.5 Å². The lowest BCUT2D eigenvalue weighted by Crippen LogP contribution is -2.34. The van der Waals surface area contributed by atoms with Crippen LogP contribution >= 0.6 is 0 Å². The molecule has 0 aromatic heterocycles. The molecule has 0 saturated carbocycles. The van der Waals surface area contributed by atoms with E-state index in [2.05, 4.69) is 32.2 Å². The molecule has 0 aliphatic rings. The Morgan fingerprint density at radius 3 is 2.42 bits per heavy atom. The van der Waals surface area contributed by atoms with Gasteiger partial charge in [0.05, 0.1) is 14.2 Å². The number of hydrogen-bond acceptors (Lipinski definition) is 3. The number of methoxy groups -OCH3 is 2. The molecule has 0 amide bonds. The van der Waals surface area contributed by atoms with Crippen molar-refractivity contribution in [3.63, 3.8) is 0 Å². The molecular weight excluding hydrogens is 238 g/mol. The van der Waals surface area contributed by atoms with Crippen molar-refractivity contribution in [1.29, 1.82) is 0 Å². The molecule has 1 unspecified atom stereocenters. The highest BCUT2D eigenvalue weighted by atomic mass is 16.5. The minimum Gasteiger partial charge on any atom is -0.497 e. The van der Waals surface area contributed by atoms with Gasteiger partial charge in [-0.1, -0.05) is 20.8 Å². The Morgan fingerprint density at radius 2 is 1.89 bits per heavy atom. The summed E-state index contributed by atoms with van der Waals surface area (Å²) in [6, 6.07) is 6.53. The molecular formula is C16H27NO2. The van der Waals surface area contributed by atoms with Crippen LogP contribution in [0.2, 0.25) is 0 Å². The summed E-state index contributed by atoms with van der Waals surface area (Å²) in [4.78, 5) is 0. The van der Waals surface area contributed by atoms with Gasteiger partial charge < -0.3 is 14.8 Å². The lowest BCUT2D eigenvalue weighted by atomic mass is 9.96. The van der Waals surface area contributed by atoms with E-state index in [0.29, 0.717) is 12.0 Å². The van der Waals surface area contributed by atoms with Gasteiger partial charge in [0.15, 0.2) is 0 Å². The van der Waals surface area contributed by atoms with Crippen molar-refractivity contribution in [2.75, 3.05) is 20.8 Å². The zero-order valence-electron chi connectivity index (χ0n) is 12.8. The van der Waals surface area contributed by atoms with Crippen LogP contribution in [0.1, 0.15) is 32.8 Å². The van der Waals surface area contributed by atoms with Crippen molar-refractivity contribution in [2.24, 2.45) is 5.92 Å². The standard InChI is InChI=1S/C16H27NO2/c1-6-17-15(12(2)3)9-7-13-11-14(18-4)8-10-16(13)19-5/h8,10-12,15,17H,6-7,9H2,1-5H3. The summed E-state index contributed by atoms with van der Waals surface area (Å²) < 4.78 is 10.7. The number of ether oxygens (including phenoxy) is 2. The average molecular weight is 265 g/mol. The van der Waals surface area contributed by atoms with E-state index in [1.54, 1.807) is 14.2 Å². The summed E-state index contributed by atoms with van der Waals surface area (Å²) in [6.07, 6.45) is 2.10. The van der Waals surface area contributed by atoms with E-state index in [-0.39, 0.29) is 0 Å².